The van der Waals surface area contributed by atoms with E-state index in [2.05, 4.69) is 24.3 Å². The fourth-order valence-corrected chi connectivity index (χ4v) is 8.30. The van der Waals surface area contributed by atoms with Crippen LogP contribution in [0.5, 0.6) is 5.75 Å². The second-order valence-electron chi connectivity index (χ2n) is 12.8. The lowest BCUT2D eigenvalue weighted by molar-refractivity contribution is -0.154. The van der Waals surface area contributed by atoms with E-state index >= 15 is 0 Å². The Labute approximate surface area is 253 Å². The van der Waals surface area contributed by atoms with E-state index in [0.717, 1.165) is 58.2 Å². The van der Waals surface area contributed by atoms with E-state index < -0.39 is 24.0 Å². The van der Waals surface area contributed by atoms with E-state index in [4.69, 9.17) is 14.2 Å². The third-order valence-corrected chi connectivity index (χ3v) is 10.6. The molecule has 3 fully saturated rings. The minimum absolute atomic E-state index is 0.0596. The number of hydrogen-bond donors (Lipinski definition) is 2. The second-order valence-corrected chi connectivity index (χ2v) is 12.8. The maximum atomic E-state index is 12.4. The number of carbonyl (C=O) groups excluding carboxylic acids is 2. The van der Waals surface area contributed by atoms with Crippen LogP contribution in [0.15, 0.2) is 54.6 Å². The highest BCUT2D eigenvalue weighted by Gasteiger charge is 2.50. The van der Waals surface area contributed by atoms with E-state index in [1.54, 1.807) is 6.07 Å². The summed E-state index contributed by atoms with van der Waals surface area (Å²) in [7, 11) is 2.52. The fourth-order valence-electron chi connectivity index (χ4n) is 8.30. The molecule has 6 rings (SSSR count). The summed E-state index contributed by atoms with van der Waals surface area (Å²) in [5, 5.41) is 21.3. The van der Waals surface area contributed by atoms with Crippen LogP contribution in [-0.4, -0.2) is 55.7 Å². The van der Waals surface area contributed by atoms with Crippen LogP contribution in [0.25, 0.3) is 21.9 Å². The van der Waals surface area contributed by atoms with Gasteiger partial charge in [-0.25, -0.2) is 0 Å². The minimum Gasteiger partial charge on any atom is -0.490 e. The number of rotatable bonds is 9. The van der Waals surface area contributed by atoms with Gasteiger partial charge < -0.3 is 24.4 Å². The highest BCUT2D eigenvalue weighted by molar-refractivity contribution is 6.02. The third-order valence-electron chi connectivity index (χ3n) is 10.6. The van der Waals surface area contributed by atoms with Crippen LogP contribution < -0.4 is 4.74 Å². The molecule has 3 aromatic rings. The molecule has 0 spiro atoms. The lowest BCUT2D eigenvalue weighted by atomic mass is 9.50. The van der Waals surface area contributed by atoms with Crippen molar-refractivity contribution in [2.24, 2.45) is 17.8 Å². The molecule has 3 unspecified atom stereocenters. The molecule has 228 valence electrons. The number of aliphatic hydroxyl groups excluding tert-OH is 2. The average Bonchev–Trinajstić information content (AvgIpc) is 3.06. The molecule has 0 aromatic heterocycles. The molecule has 3 aromatic carbocycles. The minimum atomic E-state index is -1.13. The van der Waals surface area contributed by atoms with Gasteiger partial charge in [-0.3, -0.25) is 9.59 Å². The van der Waals surface area contributed by atoms with Crippen LogP contribution in [0.3, 0.4) is 0 Å². The zero-order chi connectivity index (χ0) is 30.1. The SMILES string of the molecule is COC(=O)C(C(=O)OC)c1ccc2cc(-c3ccc(OCC(O)CO)c(C45CCC6CCCC(CC4)C6C5)c3)ccc2c1. The van der Waals surface area contributed by atoms with Crippen molar-refractivity contribution in [1.82, 2.24) is 0 Å². The third kappa shape index (κ3) is 5.65. The van der Waals surface area contributed by atoms with Gasteiger partial charge in [0, 0.05) is 5.56 Å². The van der Waals surface area contributed by atoms with Crippen LogP contribution in [-0.2, 0) is 24.5 Å². The van der Waals surface area contributed by atoms with Crippen LogP contribution >= 0.6 is 0 Å². The van der Waals surface area contributed by atoms with Crippen molar-refractivity contribution < 1.29 is 34.0 Å². The van der Waals surface area contributed by atoms with Crippen molar-refractivity contribution in [2.75, 3.05) is 27.4 Å². The van der Waals surface area contributed by atoms with Crippen molar-refractivity contribution >= 4 is 22.7 Å². The Hall–Kier alpha value is -3.42. The Kier molecular flexibility index (Phi) is 8.47. The van der Waals surface area contributed by atoms with Crippen molar-refractivity contribution in [3.05, 3.63) is 65.7 Å². The van der Waals surface area contributed by atoms with Gasteiger partial charge in [0.1, 0.15) is 18.5 Å². The molecule has 2 N–H and O–H groups in total. The largest absolute Gasteiger partial charge is 0.490 e. The standard InChI is InChI=1S/C36H42O7/c1-41-34(39)33(35(40)42-2)28-9-8-24-16-25(6-7-26(24)17-28)27-10-11-32(43-21-29(38)20-37)31(18-27)36-14-12-22-4-3-5-23(13-15-36)30(22)19-36/h6-11,16-18,22-23,29-30,33,37-38H,3-5,12-15,19-21H2,1-2H3. The number of methoxy groups -OCH3 is 2. The van der Waals surface area contributed by atoms with Gasteiger partial charge in [-0.05, 0) is 107 Å². The summed E-state index contributed by atoms with van der Waals surface area (Å²) in [5.41, 5.74) is 3.98. The molecule has 3 aliphatic rings. The maximum Gasteiger partial charge on any atom is 0.324 e. The van der Waals surface area contributed by atoms with Gasteiger partial charge >= 0.3 is 11.9 Å². The molecule has 0 aliphatic heterocycles. The lowest BCUT2D eigenvalue weighted by Crippen LogP contribution is -2.46. The Morgan fingerprint density at radius 2 is 1.49 bits per heavy atom. The maximum absolute atomic E-state index is 12.4. The van der Waals surface area contributed by atoms with Crippen molar-refractivity contribution in [1.29, 1.82) is 0 Å². The summed E-state index contributed by atoms with van der Waals surface area (Å²) >= 11 is 0. The molecule has 43 heavy (non-hydrogen) atoms. The van der Waals surface area contributed by atoms with Gasteiger partial charge in [-0.2, -0.15) is 0 Å². The Bertz CT molecular complexity index is 1460. The van der Waals surface area contributed by atoms with Gasteiger partial charge in [0.05, 0.1) is 20.8 Å². The van der Waals surface area contributed by atoms with Crippen molar-refractivity contribution in [3.8, 4) is 16.9 Å². The van der Waals surface area contributed by atoms with E-state index in [1.807, 2.05) is 24.3 Å². The zero-order valence-corrected chi connectivity index (χ0v) is 25.1. The summed E-state index contributed by atoms with van der Waals surface area (Å²) in [6, 6.07) is 18.2. The van der Waals surface area contributed by atoms with Crippen LogP contribution in [0, 0.1) is 17.8 Å². The van der Waals surface area contributed by atoms with E-state index in [0.29, 0.717) is 5.56 Å². The van der Waals surface area contributed by atoms with Gasteiger partial charge in [0.15, 0.2) is 5.92 Å². The molecule has 3 aliphatic carbocycles. The first-order chi connectivity index (χ1) is 20.9. The number of ether oxygens (including phenoxy) is 3. The molecule has 7 heteroatoms. The molecule has 3 atom stereocenters. The molecule has 0 radical (unpaired) electrons. The predicted octanol–water partition coefficient (Wildman–Crippen LogP) is 5.92. The topological polar surface area (TPSA) is 102 Å². The van der Waals surface area contributed by atoms with E-state index in [1.165, 1.54) is 58.3 Å². The molecule has 3 saturated carbocycles. The number of aliphatic hydroxyl groups is 2. The normalized spacial score (nSPS) is 25.3. The van der Waals surface area contributed by atoms with Crippen molar-refractivity contribution in [3.63, 3.8) is 0 Å². The van der Waals surface area contributed by atoms with E-state index in [-0.39, 0.29) is 18.6 Å². The second kappa shape index (κ2) is 12.3. The molecular formula is C36H42O7. The van der Waals surface area contributed by atoms with Crippen LogP contribution in [0.4, 0.5) is 0 Å². The Balaban J connectivity index is 1.36. The molecule has 2 bridgehead atoms. The number of fused-ring (bicyclic) bond motifs is 2. The lowest BCUT2D eigenvalue weighted by Gasteiger charge is -2.55. The van der Waals surface area contributed by atoms with Gasteiger partial charge in [-0.15, -0.1) is 0 Å². The number of benzene rings is 3. The first-order valence-corrected chi connectivity index (χ1v) is 15.6. The summed E-state index contributed by atoms with van der Waals surface area (Å²) in [6.07, 6.45) is 9.23. The summed E-state index contributed by atoms with van der Waals surface area (Å²) in [6.45, 7) is -0.271. The first-order valence-electron chi connectivity index (χ1n) is 15.6. The summed E-state index contributed by atoms with van der Waals surface area (Å²) < 4.78 is 15.9. The Morgan fingerprint density at radius 3 is 2.16 bits per heavy atom. The molecule has 0 heterocycles. The number of esters is 2. The number of hydrogen-bond acceptors (Lipinski definition) is 7. The number of carbonyl (C=O) groups is 2. The van der Waals surface area contributed by atoms with E-state index in [9.17, 15) is 19.8 Å². The molecule has 0 amide bonds. The van der Waals surface area contributed by atoms with Gasteiger partial charge in [0.2, 0.25) is 0 Å². The Morgan fingerprint density at radius 1 is 0.860 bits per heavy atom. The first kappa shape index (κ1) is 29.6. The van der Waals surface area contributed by atoms with Crippen LogP contribution in [0.1, 0.15) is 68.4 Å². The summed E-state index contributed by atoms with van der Waals surface area (Å²) in [4.78, 5) is 24.7. The molecule has 0 saturated heterocycles. The quantitative estimate of drug-likeness (QED) is 0.237. The average molecular weight is 587 g/mol. The smallest absolute Gasteiger partial charge is 0.324 e. The highest BCUT2D eigenvalue weighted by Crippen LogP contribution is 2.59. The fraction of sp³-hybridized carbons (Fsp3) is 0.500. The van der Waals surface area contributed by atoms with Crippen LogP contribution in [0.2, 0.25) is 0 Å². The zero-order valence-electron chi connectivity index (χ0n) is 25.1. The van der Waals surface area contributed by atoms with Gasteiger partial charge in [0.25, 0.3) is 0 Å². The molecular weight excluding hydrogens is 544 g/mol. The monoisotopic (exact) mass is 586 g/mol. The summed E-state index contributed by atoms with van der Waals surface area (Å²) in [5.74, 6) is 0.848. The van der Waals surface area contributed by atoms with Crippen molar-refractivity contribution in [2.45, 2.75) is 68.8 Å². The van der Waals surface area contributed by atoms with Gasteiger partial charge in [-0.1, -0.05) is 49.6 Å². The molecule has 7 nitrogen and oxygen atoms in total. The highest BCUT2D eigenvalue weighted by atomic mass is 16.5. The predicted molar refractivity (Wildman–Crippen MR) is 164 cm³/mol.